The summed E-state index contributed by atoms with van der Waals surface area (Å²) in [5.41, 5.74) is 5.00. The first kappa shape index (κ1) is 20.6. The molecule has 1 aromatic carbocycles. The minimum Gasteiger partial charge on any atom is -0.282 e. The number of hydrogen-bond acceptors (Lipinski definition) is 6. The lowest BCUT2D eigenvalue weighted by atomic mass is 10.0. The molecule has 1 atom stereocenters. The summed E-state index contributed by atoms with van der Waals surface area (Å²) < 4.78 is 0. The quantitative estimate of drug-likeness (QED) is 0.316. The lowest BCUT2D eigenvalue weighted by Gasteiger charge is -2.22. The number of amides is 2. The number of nitro benzene ring substituents is 1. The molecule has 3 rings (SSSR count). The van der Waals surface area contributed by atoms with Gasteiger partial charge in [-0.3, -0.25) is 24.8 Å². The van der Waals surface area contributed by atoms with Crippen LogP contribution in [0, 0.1) is 17.0 Å². The highest BCUT2D eigenvalue weighted by molar-refractivity contribution is 8.02. The van der Waals surface area contributed by atoms with Gasteiger partial charge in [-0.25, -0.2) is 10.3 Å². The number of nitrogens with one attached hydrogen (secondary N) is 1. The largest absolute Gasteiger partial charge is 0.346 e. The van der Waals surface area contributed by atoms with Gasteiger partial charge in [-0.15, -0.1) is 11.8 Å². The van der Waals surface area contributed by atoms with Gasteiger partial charge in [0, 0.05) is 30.2 Å². The van der Waals surface area contributed by atoms with E-state index >= 15 is 0 Å². The maximum absolute atomic E-state index is 12.4. The van der Waals surface area contributed by atoms with Crippen LogP contribution >= 0.6 is 11.8 Å². The summed E-state index contributed by atoms with van der Waals surface area (Å²) in [5.74, 6) is 0. The summed E-state index contributed by atoms with van der Waals surface area (Å²) in [6.45, 7) is 1.99. The van der Waals surface area contributed by atoms with Gasteiger partial charge in [-0.2, -0.15) is 0 Å². The van der Waals surface area contributed by atoms with Crippen LogP contribution in [0.5, 0.6) is 0 Å². The zero-order valence-corrected chi connectivity index (χ0v) is 16.5. The Kier molecular flexibility index (Phi) is 6.99. The Morgan fingerprint density at radius 3 is 2.90 bits per heavy atom. The monoisotopic (exact) mass is 412 g/mol. The standard InChI is InChI=1S/C20H20N4O4S/c1-15-5-4-7-18(24(26)27)17(15)6-2-3-13-28-22-20(25)23-12-14-29-19(23)16-8-10-21-11-9-16/h2-5,7-12,14,19H,6,13H2,1H3,(H,22,25). The molecule has 1 aliphatic heterocycles. The van der Waals surface area contributed by atoms with Gasteiger partial charge in [0.15, 0.2) is 0 Å². The average Bonchev–Trinajstić information content (AvgIpc) is 3.22. The SMILES string of the molecule is Cc1cccc([N+](=O)[O-])c1CC=CCONC(=O)N1C=CSC1c1ccncc1. The number of hydrogen-bond donors (Lipinski definition) is 1. The van der Waals surface area contributed by atoms with E-state index < -0.39 is 0 Å². The number of nitrogens with zero attached hydrogens (tertiary/aromatic N) is 3. The number of benzene rings is 1. The average molecular weight is 412 g/mol. The molecule has 0 fully saturated rings. The van der Waals surface area contributed by atoms with Crippen LogP contribution in [0.3, 0.4) is 0 Å². The molecular formula is C20H20N4O4S. The van der Waals surface area contributed by atoms with Crippen molar-refractivity contribution in [3.05, 3.63) is 93.3 Å². The normalized spacial score (nSPS) is 15.8. The van der Waals surface area contributed by atoms with Crippen molar-refractivity contribution < 1.29 is 14.6 Å². The Balaban J connectivity index is 1.48. The van der Waals surface area contributed by atoms with Crippen LogP contribution in [0.1, 0.15) is 22.1 Å². The summed E-state index contributed by atoms with van der Waals surface area (Å²) in [7, 11) is 0. The molecule has 1 aliphatic rings. The smallest absolute Gasteiger partial charge is 0.282 e. The molecule has 1 N–H and O–H groups in total. The number of carbonyl (C=O) groups is 1. The second-order valence-corrected chi connectivity index (χ2v) is 7.18. The van der Waals surface area contributed by atoms with Crippen molar-refractivity contribution >= 4 is 23.5 Å². The third-order valence-corrected chi connectivity index (χ3v) is 5.35. The zero-order valence-electron chi connectivity index (χ0n) is 15.7. The van der Waals surface area contributed by atoms with Crippen LogP contribution in [0.4, 0.5) is 10.5 Å². The van der Waals surface area contributed by atoms with E-state index in [1.165, 1.54) is 17.8 Å². The first-order chi connectivity index (χ1) is 14.1. The van der Waals surface area contributed by atoms with Gasteiger partial charge in [0.2, 0.25) is 0 Å². The highest BCUT2D eigenvalue weighted by Crippen LogP contribution is 2.38. The Labute approximate surface area is 172 Å². The maximum atomic E-state index is 12.4. The first-order valence-electron chi connectivity index (χ1n) is 8.88. The number of hydroxylamine groups is 1. The van der Waals surface area contributed by atoms with E-state index in [9.17, 15) is 14.9 Å². The Hall–Kier alpha value is -3.17. The summed E-state index contributed by atoms with van der Waals surface area (Å²) in [6.07, 6.45) is 8.98. The fourth-order valence-corrected chi connectivity index (χ4v) is 3.82. The van der Waals surface area contributed by atoms with Gasteiger partial charge in [0.1, 0.15) is 5.37 Å². The van der Waals surface area contributed by atoms with E-state index in [0.717, 1.165) is 11.1 Å². The Morgan fingerprint density at radius 1 is 1.34 bits per heavy atom. The van der Waals surface area contributed by atoms with Crippen LogP contribution in [-0.2, 0) is 11.3 Å². The molecule has 2 amide bonds. The van der Waals surface area contributed by atoms with E-state index in [2.05, 4.69) is 10.5 Å². The molecule has 29 heavy (non-hydrogen) atoms. The number of allylic oxidation sites excluding steroid dienone is 1. The maximum Gasteiger partial charge on any atom is 0.346 e. The molecule has 0 saturated carbocycles. The molecular weight excluding hydrogens is 392 g/mol. The van der Waals surface area contributed by atoms with Crippen LogP contribution in [0.25, 0.3) is 0 Å². The summed E-state index contributed by atoms with van der Waals surface area (Å²) in [4.78, 5) is 33.9. The summed E-state index contributed by atoms with van der Waals surface area (Å²) >= 11 is 1.51. The molecule has 0 bridgehead atoms. The highest BCUT2D eigenvalue weighted by atomic mass is 32.2. The number of thioether (sulfide) groups is 1. The molecule has 0 radical (unpaired) electrons. The third-order valence-electron chi connectivity index (χ3n) is 4.32. The lowest BCUT2D eigenvalue weighted by Crippen LogP contribution is -2.36. The van der Waals surface area contributed by atoms with Crippen LogP contribution in [0.15, 0.2) is 66.5 Å². The number of nitro groups is 1. The van der Waals surface area contributed by atoms with Gasteiger partial charge in [-0.05, 0) is 42.0 Å². The van der Waals surface area contributed by atoms with Crippen molar-refractivity contribution in [2.24, 2.45) is 0 Å². The first-order valence-corrected chi connectivity index (χ1v) is 9.82. The number of urea groups is 1. The van der Waals surface area contributed by atoms with Crippen molar-refractivity contribution in [3.63, 3.8) is 0 Å². The van der Waals surface area contributed by atoms with E-state index in [1.54, 1.807) is 41.7 Å². The highest BCUT2D eigenvalue weighted by Gasteiger charge is 2.27. The lowest BCUT2D eigenvalue weighted by molar-refractivity contribution is -0.385. The predicted molar refractivity (Wildman–Crippen MR) is 111 cm³/mol. The summed E-state index contributed by atoms with van der Waals surface area (Å²) in [5, 5.41) is 12.8. The topological polar surface area (TPSA) is 97.6 Å². The molecule has 0 aliphatic carbocycles. The van der Waals surface area contributed by atoms with Crippen LogP contribution in [-0.4, -0.2) is 27.4 Å². The van der Waals surface area contributed by atoms with Gasteiger partial charge < -0.3 is 0 Å². The molecule has 2 aromatic rings. The van der Waals surface area contributed by atoms with Crippen molar-refractivity contribution in [2.45, 2.75) is 18.7 Å². The van der Waals surface area contributed by atoms with Gasteiger partial charge >= 0.3 is 6.03 Å². The van der Waals surface area contributed by atoms with E-state index in [1.807, 2.05) is 30.5 Å². The van der Waals surface area contributed by atoms with Crippen molar-refractivity contribution in [2.75, 3.05) is 6.61 Å². The molecule has 150 valence electrons. The van der Waals surface area contributed by atoms with E-state index in [0.29, 0.717) is 12.0 Å². The number of pyridine rings is 1. The molecule has 0 spiro atoms. The number of carbonyl (C=O) groups excluding carboxylic acids is 1. The molecule has 9 heteroatoms. The molecule has 1 unspecified atom stereocenters. The molecule has 2 heterocycles. The summed E-state index contributed by atoms with van der Waals surface area (Å²) in [6, 6.07) is 8.35. The van der Waals surface area contributed by atoms with Gasteiger partial charge in [-0.1, -0.05) is 24.3 Å². The second kappa shape index (κ2) is 9.85. The molecule has 8 nitrogen and oxygen atoms in total. The van der Waals surface area contributed by atoms with Crippen molar-refractivity contribution in [1.29, 1.82) is 0 Å². The third kappa shape index (κ3) is 5.21. The van der Waals surface area contributed by atoms with E-state index in [4.69, 9.17) is 4.84 Å². The number of aryl methyl sites for hydroxylation is 1. The minimum absolute atomic E-state index is 0.101. The minimum atomic E-state index is -0.381. The van der Waals surface area contributed by atoms with Crippen LogP contribution in [0.2, 0.25) is 0 Å². The fraction of sp³-hybridized carbons (Fsp3) is 0.200. The molecule has 1 aromatic heterocycles. The van der Waals surface area contributed by atoms with Gasteiger partial charge in [0.25, 0.3) is 5.69 Å². The Bertz CT molecular complexity index is 933. The second-order valence-electron chi connectivity index (χ2n) is 6.18. The predicted octanol–water partition coefficient (Wildman–Crippen LogP) is 4.26. The van der Waals surface area contributed by atoms with Crippen molar-refractivity contribution in [1.82, 2.24) is 15.4 Å². The number of aromatic nitrogens is 1. The van der Waals surface area contributed by atoms with Crippen molar-refractivity contribution in [3.8, 4) is 0 Å². The number of rotatable bonds is 7. The Morgan fingerprint density at radius 2 is 2.14 bits per heavy atom. The van der Waals surface area contributed by atoms with Gasteiger partial charge in [0.05, 0.1) is 11.5 Å². The van der Waals surface area contributed by atoms with E-state index in [-0.39, 0.29) is 28.6 Å². The van der Waals surface area contributed by atoms with Crippen LogP contribution < -0.4 is 5.48 Å². The molecule has 0 saturated heterocycles. The zero-order chi connectivity index (χ0) is 20.6. The fourth-order valence-electron chi connectivity index (χ4n) is 2.86.